The molecule has 5 rings (SSSR count). The van der Waals surface area contributed by atoms with E-state index in [1.807, 2.05) is 18.2 Å². The SMILES string of the molecule is Cc1ccc(NC(=O)[C@H]2CCCN(S(=O)(=O)c3ccccc3C#N)[C@H]2c2ccc(NC3CCCC3)cc2)cc1C(F)(F)F. The number of piperidine rings is 1. The molecule has 11 heteroatoms. The molecule has 0 bridgehead atoms. The number of halogens is 3. The first-order valence-corrected chi connectivity index (χ1v) is 15.8. The number of alkyl halides is 3. The third kappa shape index (κ3) is 6.55. The number of benzene rings is 3. The molecule has 3 aromatic rings. The third-order valence-corrected chi connectivity index (χ3v) is 10.2. The Hall–Kier alpha value is -3.88. The topological polar surface area (TPSA) is 102 Å². The summed E-state index contributed by atoms with van der Waals surface area (Å²) in [6.07, 6.45) is 0.561. The van der Waals surface area contributed by atoms with Gasteiger partial charge < -0.3 is 10.6 Å². The highest BCUT2D eigenvalue weighted by molar-refractivity contribution is 7.89. The molecule has 0 radical (unpaired) electrons. The molecule has 3 aromatic carbocycles. The number of anilines is 2. The number of nitrogens with one attached hydrogen (secondary N) is 2. The average Bonchev–Trinajstić information content (AvgIpc) is 3.50. The smallest absolute Gasteiger partial charge is 0.382 e. The van der Waals surface area contributed by atoms with E-state index < -0.39 is 39.6 Å². The molecule has 1 amide bonds. The van der Waals surface area contributed by atoms with Crippen LogP contribution in [0.2, 0.25) is 0 Å². The van der Waals surface area contributed by atoms with Crippen LogP contribution in [0.15, 0.2) is 71.6 Å². The van der Waals surface area contributed by atoms with E-state index in [1.54, 1.807) is 18.2 Å². The van der Waals surface area contributed by atoms with Crippen LogP contribution >= 0.6 is 0 Å². The number of sulfonamides is 1. The molecule has 2 atom stereocenters. The second kappa shape index (κ2) is 12.4. The molecule has 2 fully saturated rings. The zero-order chi connectivity index (χ0) is 30.8. The molecule has 1 heterocycles. The van der Waals surface area contributed by atoms with Crippen LogP contribution < -0.4 is 10.6 Å². The number of hydrogen-bond donors (Lipinski definition) is 2. The second-order valence-electron chi connectivity index (χ2n) is 11.2. The Morgan fingerprint density at radius 2 is 1.63 bits per heavy atom. The molecule has 1 aliphatic heterocycles. The minimum absolute atomic E-state index is 0.0109. The van der Waals surface area contributed by atoms with E-state index in [9.17, 15) is 31.6 Å². The number of nitrogens with zero attached hydrogens (tertiary/aromatic N) is 2. The van der Waals surface area contributed by atoms with Crippen LogP contribution in [-0.2, 0) is 21.0 Å². The van der Waals surface area contributed by atoms with Gasteiger partial charge in [0.05, 0.1) is 28.0 Å². The largest absolute Gasteiger partial charge is 0.416 e. The fourth-order valence-corrected chi connectivity index (χ4v) is 7.97. The summed E-state index contributed by atoms with van der Waals surface area (Å²) < 4.78 is 70.1. The molecule has 0 spiro atoms. The van der Waals surface area contributed by atoms with E-state index in [0.717, 1.165) is 37.4 Å². The van der Waals surface area contributed by atoms with Gasteiger partial charge in [0.1, 0.15) is 6.07 Å². The molecule has 7 nitrogen and oxygen atoms in total. The lowest BCUT2D eigenvalue weighted by Gasteiger charge is -2.40. The normalized spacial score (nSPS) is 20.0. The van der Waals surface area contributed by atoms with Gasteiger partial charge in [-0.15, -0.1) is 0 Å². The highest BCUT2D eigenvalue weighted by Gasteiger charge is 2.44. The van der Waals surface area contributed by atoms with Gasteiger partial charge in [0, 0.05) is 24.0 Å². The molecule has 0 aromatic heterocycles. The van der Waals surface area contributed by atoms with Gasteiger partial charge in [0.15, 0.2) is 0 Å². The monoisotopic (exact) mass is 610 g/mol. The highest BCUT2D eigenvalue weighted by Crippen LogP contribution is 2.41. The molecule has 2 N–H and O–H groups in total. The lowest BCUT2D eigenvalue weighted by molar-refractivity contribution is -0.138. The second-order valence-corrected chi connectivity index (χ2v) is 13.0. The molecule has 1 aliphatic carbocycles. The molecule has 43 heavy (non-hydrogen) atoms. The van der Waals surface area contributed by atoms with Gasteiger partial charge in [-0.1, -0.05) is 43.2 Å². The lowest BCUT2D eigenvalue weighted by Crippen LogP contribution is -2.46. The Labute approximate surface area is 249 Å². The molecular weight excluding hydrogens is 577 g/mol. The van der Waals surface area contributed by atoms with E-state index in [0.29, 0.717) is 24.4 Å². The van der Waals surface area contributed by atoms with E-state index in [-0.39, 0.29) is 28.3 Å². The predicted molar refractivity (Wildman–Crippen MR) is 158 cm³/mol. The van der Waals surface area contributed by atoms with Crippen molar-refractivity contribution in [1.82, 2.24) is 4.31 Å². The maximum atomic E-state index is 14.1. The van der Waals surface area contributed by atoms with Gasteiger partial charge in [0.25, 0.3) is 0 Å². The fraction of sp³-hybridized carbons (Fsp3) is 0.375. The zero-order valence-corrected chi connectivity index (χ0v) is 24.5. The maximum Gasteiger partial charge on any atom is 0.416 e. The maximum absolute atomic E-state index is 14.1. The van der Waals surface area contributed by atoms with E-state index in [2.05, 4.69) is 10.6 Å². The number of aryl methyl sites for hydroxylation is 1. The van der Waals surface area contributed by atoms with Crippen LogP contribution in [0.25, 0.3) is 0 Å². The third-order valence-electron chi connectivity index (χ3n) is 8.30. The highest BCUT2D eigenvalue weighted by atomic mass is 32.2. The molecule has 2 aliphatic rings. The Kier molecular flexibility index (Phi) is 8.81. The Bertz CT molecular complexity index is 1630. The summed E-state index contributed by atoms with van der Waals surface area (Å²) >= 11 is 0. The molecular formula is C32H33F3N4O3S. The minimum Gasteiger partial charge on any atom is -0.382 e. The predicted octanol–water partition coefficient (Wildman–Crippen LogP) is 7.02. The number of amides is 1. The first kappa shape index (κ1) is 30.6. The molecule has 226 valence electrons. The first-order valence-electron chi connectivity index (χ1n) is 14.3. The quantitative estimate of drug-likeness (QED) is 0.299. The van der Waals surface area contributed by atoms with Crippen LogP contribution in [0, 0.1) is 24.2 Å². The van der Waals surface area contributed by atoms with Crippen molar-refractivity contribution in [2.45, 2.75) is 68.6 Å². The molecule has 0 unspecified atom stereocenters. The number of nitriles is 1. The number of carbonyl (C=O) groups excluding carboxylic acids is 1. The zero-order valence-electron chi connectivity index (χ0n) is 23.7. The number of carbonyl (C=O) groups is 1. The van der Waals surface area contributed by atoms with Crippen molar-refractivity contribution in [3.8, 4) is 6.07 Å². The van der Waals surface area contributed by atoms with E-state index in [1.165, 1.54) is 41.6 Å². The minimum atomic E-state index is -4.59. The van der Waals surface area contributed by atoms with Gasteiger partial charge in [-0.05, 0) is 80.1 Å². The summed E-state index contributed by atoms with van der Waals surface area (Å²) in [6.45, 7) is 1.46. The summed E-state index contributed by atoms with van der Waals surface area (Å²) in [7, 11) is -4.24. The van der Waals surface area contributed by atoms with Crippen LogP contribution in [0.3, 0.4) is 0 Å². The number of rotatable bonds is 7. The van der Waals surface area contributed by atoms with Gasteiger partial charge >= 0.3 is 6.18 Å². The van der Waals surface area contributed by atoms with Gasteiger partial charge in [0.2, 0.25) is 15.9 Å². The molecule has 1 saturated carbocycles. The van der Waals surface area contributed by atoms with Crippen molar-refractivity contribution < 1.29 is 26.4 Å². The average molecular weight is 611 g/mol. The van der Waals surface area contributed by atoms with Gasteiger partial charge in [-0.2, -0.15) is 22.7 Å². The van der Waals surface area contributed by atoms with Crippen LogP contribution in [-0.4, -0.2) is 31.2 Å². The summed E-state index contributed by atoms with van der Waals surface area (Å²) in [5, 5.41) is 15.8. The Balaban J connectivity index is 1.51. The molecule has 1 saturated heterocycles. The summed E-state index contributed by atoms with van der Waals surface area (Å²) in [5.74, 6) is -1.48. The fourth-order valence-electron chi connectivity index (χ4n) is 6.14. The van der Waals surface area contributed by atoms with Crippen molar-refractivity contribution in [3.63, 3.8) is 0 Å². The lowest BCUT2D eigenvalue weighted by atomic mass is 9.85. The van der Waals surface area contributed by atoms with Crippen molar-refractivity contribution in [1.29, 1.82) is 5.26 Å². The first-order chi connectivity index (χ1) is 20.5. The summed E-state index contributed by atoms with van der Waals surface area (Å²) in [5.41, 5.74) is 0.607. The standard InChI is InChI=1S/C32H33F3N4O3S/c1-21-12-15-26(19-28(21)32(33,34)35)38-31(40)27-10-6-18-39(43(41,42)29-11-5-2-7-23(29)20-36)30(27)22-13-16-25(17-14-22)37-24-8-3-4-9-24/h2,5,7,11-17,19,24,27,30,37H,3-4,6,8-10,18H2,1H3,(H,38,40)/t27-,30-/m0/s1. The van der Waals surface area contributed by atoms with Crippen molar-refractivity contribution in [2.75, 3.05) is 17.2 Å². The Morgan fingerprint density at radius 1 is 0.953 bits per heavy atom. The van der Waals surface area contributed by atoms with E-state index in [4.69, 9.17) is 0 Å². The number of hydrogen-bond acceptors (Lipinski definition) is 5. The van der Waals surface area contributed by atoms with Crippen LogP contribution in [0.1, 0.15) is 66.8 Å². The van der Waals surface area contributed by atoms with Crippen molar-refractivity contribution in [3.05, 3.63) is 89.0 Å². The van der Waals surface area contributed by atoms with E-state index >= 15 is 0 Å². The summed E-state index contributed by atoms with van der Waals surface area (Å²) in [4.78, 5) is 13.6. The Morgan fingerprint density at radius 3 is 2.30 bits per heavy atom. The summed E-state index contributed by atoms with van der Waals surface area (Å²) in [6, 6.07) is 18.2. The van der Waals surface area contributed by atoms with Crippen molar-refractivity contribution in [2.24, 2.45) is 5.92 Å². The van der Waals surface area contributed by atoms with Gasteiger partial charge in [-0.25, -0.2) is 8.42 Å². The van der Waals surface area contributed by atoms with Crippen molar-refractivity contribution >= 4 is 27.3 Å². The van der Waals surface area contributed by atoms with Crippen LogP contribution in [0.5, 0.6) is 0 Å². The van der Waals surface area contributed by atoms with Crippen LogP contribution in [0.4, 0.5) is 24.5 Å². The van der Waals surface area contributed by atoms with Gasteiger partial charge in [-0.3, -0.25) is 4.79 Å².